The molecule has 0 aliphatic carbocycles. The van der Waals surface area contributed by atoms with Crippen LogP contribution in [0.15, 0.2) is 23.1 Å². The number of nitriles is 1. The van der Waals surface area contributed by atoms with Crippen LogP contribution in [-0.2, 0) is 14.8 Å². The number of benzene rings is 1. The number of nitrogens with zero attached hydrogens (tertiary/aromatic N) is 2. The summed E-state index contributed by atoms with van der Waals surface area (Å²) in [5.41, 5.74) is 0.951. The number of likely N-dealkylation sites (N-methyl/N-ethyl adjacent to an activating group) is 1. The van der Waals surface area contributed by atoms with E-state index in [1.54, 1.807) is 26.2 Å². The first-order valence-electron chi connectivity index (χ1n) is 6.58. The van der Waals surface area contributed by atoms with E-state index in [-0.39, 0.29) is 4.90 Å². The quantitative estimate of drug-likeness (QED) is 0.765. The van der Waals surface area contributed by atoms with Crippen molar-refractivity contribution >= 4 is 10.0 Å². The van der Waals surface area contributed by atoms with Crippen LogP contribution in [0.4, 0.5) is 0 Å². The zero-order valence-corrected chi connectivity index (χ0v) is 13.4. The number of methoxy groups -OCH3 is 1. The molecule has 0 amide bonds. The maximum atomic E-state index is 12.3. The van der Waals surface area contributed by atoms with Crippen LogP contribution in [0.2, 0.25) is 0 Å². The van der Waals surface area contributed by atoms with E-state index in [1.165, 1.54) is 6.07 Å². The van der Waals surface area contributed by atoms with Crippen LogP contribution in [-0.4, -0.2) is 53.7 Å². The van der Waals surface area contributed by atoms with Crippen LogP contribution in [0.5, 0.6) is 0 Å². The van der Waals surface area contributed by atoms with Crippen LogP contribution in [0, 0.1) is 18.3 Å². The summed E-state index contributed by atoms with van der Waals surface area (Å²) < 4.78 is 32.0. The molecule has 0 saturated heterocycles. The van der Waals surface area contributed by atoms with E-state index in [0.717, 1.165) is 6.54 Å². The van der Waals surface area contributed by atoms with Crippen molar-refractivity contribution in [2.75, 3.05) is 40.4 Å². The number of hydrogen-bond donors (Lipinski definition) is 1. The molecule has 1 aromatic rings. The van der Waals surface area contributed by atoms with Gasteiger partial charge >= 0.3 is 0 Å². The fourth-order valence-electron chi connectivity index (χ4n) is 1.77. The summed E-state index contributed by atoms with van der Waals surface area (Å²) in [5, 5.41) is 8.87. The average molecular weight is 311 g/mol. The lowest BCUT2D eigenvalue weighted by Crippen LogP contribution is -2.34. The van der Waals surface area contributed by atoms with E-state index in [9.17, 15) is 8.42 Å². The third-order valence-electron chi connectivity index (χ3n) is 3.07. The van der Waals surface area contributed by atoms with Crippen molar-refractivity contribution in [1.82, 2.24) is 9.62 Å². The molecule has 0 atom stereocenters. The predicted molar refractivity (Wildman–Crippen MR) is 80.5 cm³/mol. The van der Waals surface area contributed by atoms with Crippen LogP contribution in [0.25, 0.3) is 0 Å². The Kier molecular flexibility index (Phi) is 6.78. The van der Waals surface area contributed by atoms with E-state index < -0.39 is 10.0 Å². The van der Waals surface area contributed by atoms with Gasteiger partial charge < -0.3 is 9.64 Å². The van der Waals surface area contributed by atoms with Gasteiger partial charge in [0.1, 0.15) is 0 Å². The molecule has 6 nitrogen and oxygen atoms in total. The Balaban J connectivity index is 2.68. The molecule has 1 rings (SSSR count). The molecule has 0 spiro atoms. The number of hydrogen-bond acceptors (Lipinski definition) is 5. The average Bonchev–Trinajstić information content (AvgIpc) is 2.45. The highest BCUT2D eigenvalue weighted by Crippen LogP contribution is 2.16. The Morgan fingerprint density at radius 1 is 1.38 bits per heavy atom. The fraction of sp³-hybridized carbons (Fsp3) is 0.500. The molecule has 0 saturated carbocycles. The van der Waals surface area contributed by atoms with Crippen molar-refractivity contribution in [1.29, 1.82) is 5.26 Å². The molecule has 0 aromatic heterocycles. The Hall–Kier alpha value is -1.46. The Labute approximate surface area is 126 Å². The molecule has 7 heteroatoms. The highest BCUT2D eigenvalue weighted by atomic mass is 32.2. The molecule has 0 aliphatic rings. The van der Waals surface area contributed by atoms with Crippen molar-refractivity contribution in [3.05, 3.63) is 29.3 Å². The number of sulfonamides is 1. The molecule has 0 bridgehead atoms. The molecule has 1 N–H and O–H groups in total. The van der Waals surface area contributed by atoms with Crippen molar-refractivity contribution in [3.8, 4) is 6.07 Å². The maximum absolute atomic E-state index is 12.3. The molecule has 116 valence electrons. The summed E-state index contributed by atoms with van der Waals surface area (Å²) in [6.45, 7) is 3.94. The number of aryl methyl sites for hydroxylation is 1. The zero-order valence-electron chi connectivity index (χ0n) is 12.6. The standard InChI is InChI=1S/C14H21N3O3S/c1-12-4-5-13(11-15)10-14(12)21(18,19)16-6-7-17(2)8-9-20-3/h4-5,10,16H,6-9H2,1-3H3. The van der Waals surface area contributed by atoms with Gasteiger partial charge in [0, 0.05) is 26.7 Å². The Morgan fingerprint density at radius 2 is 2.10 bits per heavy atom. The minimum atomic E-state index is -3.60. The van der Waals surface area contributed by atoms with Gasteiger partial charge in [-0.05, 0) is 31.7 Å². The highest BCUT2D eigenvalue weighted by Gasteiger charge is 2.17. The largest absolute Gasteiger partial charge is 0.383 e. The lowest BCUT2D eigenvalue weighted by atomic mass is 10.2. The van der Waals surface area contributed by atoms with Crippen molar-refractivity contribution in [2.24, 2.45) is 0 Å². The minimum absolute atomic E-state index is 0.154. The molecular formula is C14H21N3O3S. The van der Waals surface area contributed by atoms with Crippen molar-refractivity contribution < 1.29 is 13.2 Å². The fourth-order valence-corrected chi connectivity index (χ4v) is 3.06. The first-order valence-corrected chi connectivity index (χ1v) is 8.07. The van der Waals surface area contributed by atoms with Crippen LogP contribution >= 0.6 is 0 Å². The molecule has 0 fully saturated rings. The number of nitrogens with one attached hydrogen (secondary N) is 1. The second-order valence-corrected chi connectivity index (χ2v) is 6.52. The lowest BCUT2D eigenvalue weighted by Gasteiger charge is -2.16. The predicted octanol–water partition coefficient (Wildman–Crippen LogP) is 0.723. The topological polar surface area (TPSA) is 82.4 Å². The van der Waals surface area contributed by atoms with Crippen LogP contribution < -0.4 is 4.72 Å². The van der Waals surface area contributed by atoms with E-state index >= 15 is 0 Å². The summed E-state index contributed by atoms with van der Waals surface area (Å²) in [7, 11) is -0.0746. The normalized spacial score (nSPS) is 11.6. The first kappa shape index (κ1) is 17.6. The first-order chi connectivity index (χ1) is 9.90. The van der Waals surface area contributed by atoms with E-state index in [0.29, 0.717) is 30.8 Å². The van der Waals surface area contributed by atoms with Crippen molar-refractivity contribution in [2.45, 2.75) is 11.8 Å². The van der Waals surface area contributed by atoms with E-state index in [2.05, 4.69) is 4.72 Å². The van der Waals surface area contributed by atoms with Gasteiger partial charge in [-0.15, -0.1) is 0 Å². The van der Waals surface area contributed by atoms with Gasteiger partial charge in [-0.1, -0.05) is 6.07 Å². The monoisotopic (exact) mass is 311 g/mol. The molecule has 0 aliphatic heterocycles. The number of rotatable bonds is 8. The third kappa shape index (κ3) is 5.44. The molecule has 21 heavy (non-hydrogen) atoms. The minimum Gasteiger partial charge on any atom is -0.383 e. The van der Waals surface area contributed by atoms with Crippen molar-refractivity contribution in [3.63, 3.8) is 0 Å². The van der Waals surface area contributed by atoms with E-state index in [1.807, 2.05) is 18.0 Å². The lowest BCUT2D eigenvalue weighted by molar-refractivity contribution is 0.162. The molecule has 0 radical (unpaired) electrons. The van der Waals surface area contributed by atoms with Gasteiger partial charge in [0.05, 0.1) is 23.1 Å². The highest BCUT2D eigenvalue weighted by molar-refractivity contribution is 7.89. The Bertz CT molecular complexity index is 608. The summed E-state index contributed by atoms with van der Waals surface area (Å²) in [6.07, 6.45) is 0. The molecular weight excluding hydrogens is 290 g/mol. The number of ether oxygens (including phenoxy) is 1. The van der Waals surface area contributed by atoms with Gasteiger partial charge in [-0.25, -0.2) is 13.1 Å². The van der Waals surface area contributed by atoms with Crippen LogP contribution in [0.3, 0.4) is 0 Å². The summed E-state index contributed by atoms with van der Waals surface area (Å²) in [4.78, 5) is 2.13. The smallest absolute Gasteiger partial charge is 0.240 e. The van der Waals surface area contributed by atoms with E-state index in [4.69, 9.17) is 10.00 Å². The van der Waals surface area contributed by atoms with Crippen LogP contribution in [0.1, 0.15) is 11.1 Å². The third-order valence-corrected chi connectivity index (χ3v) is 4.67. The van der Waals surface area contributed by atoms with Gasteiger partial charge in [-0.2, -0.15) is 5.26 Å². The molecule has 1 aromatic carbocycles. The SMILES string of the molecule is COCCN(C)CCNS(=O)(=O)c1cc(C#N)ccc1C. The second kappa shape index (κ2) is 8.10. The van der Waals surface area contributed by atoms with Gasteiger partial charge in [0.25, 0.3) is 0 Å². The zero-order chi connectivity index (χ0) is 15.9. The summed E-state index contributed by atoms with van der Waals surface area (Å²) >= 11 is 0. The van der Waals surface area contributed by atoms with Gasteiger partial charge in [0.2, 0.25) is 10.0 Å². The van der Waals surface area contributed by atoms with Gasteiger partial charge in [-0.3, -0.25) is 0 Å². The maximum Gasteiger partial charge on any atom is 0.240 e. The van der Waals surface area contributed by atoms with Gasteiger partial charge in [0.15, 0.2) is 0 Å². The summed E-state index contributed by atoms with van der Waals surface area (Å²) in [5.74, 6) is 0. The molecule has 0 heterocycles. The second-order valence-electron chi connectivity index (χ2n) is 4.79. The molecule has 0 unspecified atom stereocenters. The Morgan fingerprint density at radius 3 is 2.71 bits per heavy atom. The summed E-state index contributed by atoms with van der Waals surface area (Å²) in [6, 6.07) is 6.59.